The van der Waals surface area contributed by atoms with Crippen molar-refractivity contribution in [2.75, 3.05) is 19.7 Å². The lowest BCUT2D eigenvalue weighted by atomic mass is 9.97. The molecule has 0 spiro atoms. The van der Waals surface area contributed by atoms with Crippen LogP contribution in [-0.4, -0.2) is 37.7 Å². The van der Waals surface area contributed by atoms with Crippen LogP contribution in [0.1, 0.15) is 199 Å². The third-order valence-electron chi connectivity index (χ3n) is 9.84. The number of carbonyl (C=O) groups is 3. The van der Waals surface area contributed by atoms with E-state index in [0.717, 1.165) is 37.7 Å². The lowest BCUT2D eigenvalue weighted by Gasteiger charge is -2.17. The molecule has 0 aliphatic carbocycles. The van der Waals surface area contributed by atoms with Crippen LogP contribution in [0.2, 0.25) is 0 Å². The van der Waals surface area contributed by atoms with Crippen LogP contribution in [0.3, 0.4) is 0 Å². The molecule has 7 nitrogen and oxygen atoms in total. The molecule has 0 saturated carbocycles. The number of alkyl carbamates (subject to hydrolysis) is 1. The highest BCUT2D eigenvalue weighted by Gasteiger charge is 2.22. The zero-order valence-corrected chi connectivity index (χ0v) is 33.1. The van der Waals surface area contributed by atoms with Crippen LogP contribution in [-0.2, 0) is 25.7 Å². The van der Waals surface area contributed by atoms with E-state index in [2.05, 4.69) is 24.5 Å². The van der Waals surface area contributed by atoms with Gasteiger partial charge in [0.2, 0.25) is 5.91 Å². The maximum Gasteiger partial charge on any atom is 0.407 e. The van der Waals surface area contributed by atoms with Crippen molar-refractivity contribution < 1.29 is 23.9 Å². The first-order chi connectivity index (χ1) is 25.1. The molecule has 0 fully saturated rings. The quantitative estimate of drug-likeness (QED) is 0.0533. The summed E-state index contributed by atoms with van der Waals surface area (Å²) < 4.78 is 10.9. The van der Waals surface area contributed by atoms with E-state index in [1.807, 2.05) is 30.3 Å². The Morgan fingerprint density at radius 2 is 0.980 bits per heavy atom. The number of hydrogen-bond acceptors (Lipinski definition) is 5. The van der Waals surface area contributed by atoms with Gasteiger partial charge in [0.15, 0.2) is 0 Å². The molecule has 51 heavy (non-hydrogen) atoms. The van der Waals surface area contributed by atoms with Gasteiger partial charge in [0, 0.05) is 19.0 Å². The molecule has 0 radical (unpaired) electrons. The van der Waals surface area contributed by atoms with E-state index < -0.39 is 12.0 Å². The van der Waals surface area contributed by atoms with Crippen LogP contribution in [0.4, 0.5) is 4.79 Å². The maximum atomic E-state index is 13.1. The highest BCUT2D eigenvalue weighted by molar-refractivity contribution is 5.83. The van der Waals surface area contributed by atoms with Crippen LogP contribution in [0.25, 0.3) is 0 Å². The smallest absolute Gasteiger partial charge is 0.407 e. The Morgan fingerprint density at radius 3 is 1.51 bits per heavy atom. The Balaban J connectivity index is 2.26. The molecule has 2 N–H and O–H groups in total. The van der Waals surface area contributed by atoms with E-state index in [9.17, 15) is 14.4 Å². The molecule has 7 heteroatoms. The second kappa shape index (κ2) is 35.8. The number of nitrogens with one attached hydrogen (secondary N) is 2. The molecular formula is C44H78N2O5. The Bertz CT molecular complexity index is 941. The van der Waals surface area contributed by atoms with Gasteiger partial charge in [-0.05, 0) is 31.2 Å². The molecule has 0 unspecified atom stereocenters. The fourth-order valence-corrected chi connectivity index (χ4v) is 6.52. The van der Waals surface area contributed by atoms with Gasteiger partial charge in [-0.3, -0.25) is 9.59 Å². The van der Waals surface area contributed by atoms with Gasteiger partial charge in [0.05, 0.1) is 13.0 Å². The van der Waals surface area contributed by atoms with E-state index in [4.69, 9.17) is 9.47 Å². The number of rotatable bonds is 36. The van der Waals surface area contributed by atoms with Crippen molar-refractivity contribution in [3.63, 3.8) is 0 Å². The van der Waals surface area contributed by atoms with Crippen molar-refractivity contribution in [1.82, 2.24) is 10.6 Å². The predicted molar refractivity (Wildman–Crippen MR) is 213 cm³/mol. The summed E-state index contributed by atoms with van der Waals surface area (Å²) in [6.07, 6.45) is 32.3. The predicted octanol–water partition coefficient (Wildman–Crippen LogP) is 12.2. The van der Waals surface area contributed by atoms with Gasteiger partial charge in [-0.1, -0.05) is 192 Å². The first kappa shape index (κ1) is 46.5. The lowest BCUT2D eigenvalue weighted by Crippen LogP contribution is -2.33. The SMILES string of the molecule is CCCCCCCCCCCCCCCCOC(=O)C[C@@H](CCCCNC(=O)OCc1ccccc1)C(=O)NCCCCCCCCCCCC. The van der Waals surface area contributed by atoms with Crippen molar-refractivity contribution in [2.45, 2.75) is 200 Å². The van der Waals surface area contributed by atoms with Crippen molar-refractivity contribution >= 4 is 18.0 Å². The van der Waals surface area contributed by atoms with Crippen molar-refractivity contribution in [1.29, 1.82) is 0 Å². The summed E-state index contributed by atoms with van der Waals surface area (Å²) in [5.41, 5.74) is 0.940. The fourth-order valence-electron chi connectivity index (χ4n) is 6.52. The monoisotopic (exact) mass is 715 g/mol. The summed E-state index contributed by atoms with van der Waals surface area (Å²) in [6.45, 7) is 6.29. The summed E-state index contributed by atoms with van der Waals surface area (Å²) in [4.78, 5) is 38.0. The zero-order chi connectivity index (χ0) is 36.9. The number of esters is 1. The summed E-state index contributed by atoms with van der Waals surface area (Å²) in [5, 5.41) is 5.88. The molecule has 2 amide bonds. The highest BCUT2D eigenvalue weighted by Crippen LogP contribution is 2.17. The molecule has 0 heterocycles. The molecule has 0 aliphatic rings. The fraction of sp³-hybridized carbons (Fsp3) is 0.795. The van der Waals surface area contributed by atoms with Crippen molar-refractivity contribution in [3.8, 4) is 0 Å². The number of unbranched alkanes of at least 4 members (excludes halogenated alkanes) is 23. The molecule has 1 aromatic rings. The van der Waals surface area contributed by atoms with E-state index in [-0.39, 0.29) is 24.9 Å². The van der Waals surface area contributed by atoms with Crippen LogP contribution in [0, 0.1) is 5.92 Å². The lowest BCUT2D eigenvalue weighted by molar-refractivity contribution is -0.147. The van der Waals surface area contributed by atoms with E-state index >= 15 is 0 Å². The van der Waals surface area contributed by atoms with Crippen LogP contribution >= 0.6 is 0 Å². The molecule has 0 aliphatic heterocycles. The Labute approximate surface area is 313 Å². The number of ether oxygens (including phenoxy) is 2. The third-order valence-corrected chi connectivity index (χ3v) is 9.84. The molecule has 1 atom stereocenters. The number of amides is 2. The largest absolute Gasteiger partial charge is 0.466 e. The molecule has 0 saturated heterocycles. The van der Waals surface area contributed by atoms with Crippen molar-refractivity contribution in [3.05, 3.63) is 35.9 Å². The minimum absolute atomic E-state index is 0.0606. The summed E-state index contributed by atoms with van der Waals surface area (Å²) >= 11 is 0. The highest BCUT2D eigenvalue weighted by atomic mass is 16.5. The molecule has 1 rings (SSSR count). The number of benzene rings is 1. The first-order valence-electron chi connectivity index (χ1n) is 21.4. The molecule has 294 valence electrons. The Kier molecular flexibility index (Phi) is 32.6. The first-order valence-corrected chi connectivity index (χ1v) is 21.4. The van der Waals surface area contributed by atoms with Gasteiger partial charge in [0.25, 0.3) is 0 Å². The molecule has 1 aromatic carbocycles. The normalized spacial score (nSPS) is 11.6. The third kappa shape index (κ3) is 30.7. The summed E-state index contributed by atoms with van der Waals surface area (Å²) in [5.74, 6) is -0.761. The standard InChI is InChI=1S/C44H78N2O5/c1-3-5-7-9-11-13-15-16-17-18-20-22-24-31-37-50-42(47)38-41(43(48)45-35-29-23-21-19-14-12-10-8-6-4-2)34-28-30-36-46-44(49)51-39-40-32-26-25-27-33-40/h25-27,32-33,41H,3-24,28-31,34-39H2,1-2H3,(H,45,48)(H,46,49)/t41-/m1/s1. The van der Waals surface area contributed by atoms with Gasteiger partial charge in [-0.2, -0.15) is 0 Å². The van der Waals surface area contributed by atoms with Gasteiger partial charge in [-0.25, -0.2) is 4.79 Å². The summed E-state index contributed by atoms with van der Waals surface area (Å²) in [7, 11) is 0. The van der Waals surface area contributed by atoms with Gasteiger partial charge in [-0.15, -0.1) is 0 Å². The second-order valence-electron chi connectivity index (χ2n) is 14.7. The molecule has 0 aromatic heterocycles. The van der Waals surface area contributed by atoms with Crippen molar-refractivity contribution in [2.24, 2.45) is 5.92 Å². The van der Waals surface area contributed by atoms with Crippen LogP contribution in [0.15, 0.2) is 30.3 Å². The zero-order valence-electron chi connectivity index (χ0n) is 33.1. The Hall–Kier alpha value is -2.57. The molecular weight excluding hydrogens is 636 g/mol. The minimum Gasteiger partial charge on any atom is -0.466 e. The number of carbonyl (C=O) groups excluding carboxylic acids is 3. The average Bonchev–Trinajstić information content (AvgIpc) is 3.14. The second-order valence-corrected chi connectivity index (χ2v) is 14.7. The summed E-state index contributed by atoms with van der Waals surface area (Å²) in [6, 6.07) is 9.59. The van der Waals surface area contributed by atoms with Gasteiger partial charge >= 0.3 is 12.1 Å². The van der Waals surface area contributed by atoms with E-state index in [0.29, 0.717) is 32.5 Å². The average molecular weight is 715 g/mol. The van der Waals surface area contributed by atoms with Crippen LogP contribution in [0.5, 0.6) is 0 Å². The van der Waals surface area contributed by atoms with Crippen LogP contribution < -0.4 is 10.6 Å². The molecule has 0 bridgehead atoms. The maximum absolute atomic E-state index is 13.1. The Morgan fingerprint density at radius 1 is 0.529 bits per heavy atom. The van der Waals surface area contributed by atoms with E-state index in [1.54, 1.807) is 0 Å². The minimum atomic E-state index is -0.447. The van der Waals surface area contributed by atoms with Gasteiger partial charge < -0.3 is 20.1 Å². The topological polar surface area (TPSA) is 93.7 Å². The number of hydrogen-bond donors (Lipinski definition) is 2. The van der Waals surface area contributed by atoms with E-state index in [1.165, 1.54) is 128 Å². The van der Waals surface area contributed by atoms with Gasteiger partial charge in [0.1, 0.15) is 6.61 Å².